The van der Waals surface area contributed by atoms with Crippen LogP contribution in [-0.2, 0) is 4.79 Å². The average Bonchev–Trinajstić information content (AvgIpc) is 3.28. The van der Waals surface area contributed by atoms with Gasteiger partial charge in [0.2, 0.25) is 11.0 Å². The molecule has 1 aromatic heterocycles. The normalized spacial score (nSPS) is 10.5. The number of rotatable bonds is 9. The molecule has 0 atom stereocenters. The van der Waals surface area contributed by atoms with Crippen molar-refractivity contribution in [3.63, 3.8) is 0 Å². The Kier molecular flexibility index (Phi) is 8.37. The summed E-state index contributed by atoms with van der Waals surface area (Å²) in [5.41, 5.74) is 3.82. The van der Waals surface area contributed by atoms with Gasteiger partial charge in [-0.1, -0.05) is 30.4 Å². The molecule has 0 fully saturated rings. The molecule has 0 unspecified atom stereocenters. The van der Waals surface area contributed by atoms with Gasteiger partial charge in [-0.15, -0.1) is 10.2 Å². The van der Waals surface area contributed by atoms with Crippen LogP contribution in [-0.4, -0.2) is 47.2 Å². The summed E-state index contributed by atoms with van der Waals surface area (Å²) in [7, 11) is 1.61. The molecule has 33 heavy (non-hydrogen) atoms. The molecule has 2 N–H and O–H groups in total. The molecule has 0 saturated heterocycles. The fraction of sp³-hybridized carbons (Fsp3) is 0.333. The second-order valence-electron chi connectivity index (χ2n) is 7.60. The predicted octanol–water partition coefficient (Wildman–Crippen LogP) is 5.10. The van der Waals surface area contributed by atoms with Crippen LogP contribution in [0.1, 0.15) is 30.9 Å². The van der Waals surface area contributed by atoms with E-state index >= 15 is 0 Å². The number of nitrogens with one attached hydrogen (secondary N) is 2. The van der Waals surface area contributed by atoms with Crippen molar-refractivity contribution in [3.8, 4) is 16.3 Å². The minimum atomic E-state index is -0.215. The van der Waals surface area contributed by atoms with Crippen molar-refractivity contribution in [1.29, 1.82) is 0 Å². The number of aryl methyl sites for hydroxylation is 1. The van der Waals surface area contributed by atoms with Crippen molar-refractivity contribution in [3.05, 3.63) is 53.6 Å². The third-order valence-electron chi connectivity index (χ3n) is 5.24. The maximum atomic E-state index is 12.8. The van der Waals surface area contributed by atoms with Crippen molar-refractivity contribution in [2.45, 2.75) is 33.6 Å². The maximum Gasteiger partial charge on any atom is 0.321 e. The van der Waals surface area contributed by atoms with Crippen LogP contribution in [0.3, 0.4) is 0 Å². The Hall–Kier alpha value is -3.46. The second-order valence-corrected chi connectivity index (χ2v) is 8.58. The Morgan fingerprint density at radius 1 is 1.03 bits per heavy atom. The van der Waals surface area contributed by atoms with Gasteiger partial charge in [-0.25, -0.2) is 4.79 Å². The number of benzene rings is 2. The number of urea groups is 1. The van der Waals surface area contributed by atoms with E-state index in [0.29, 0.717) is 23.2 Å². The van der Waals surface area contributed by atoms with Gasteiger partial charge in [0.15, 0.2) is 0 Å². The van der Waals surface area contributed by atoms with Gasteiger partial charge in [0.25, 0.3) is 0 Å². The lowest BCUT2D eigenvalue weighted by molar-refractivity contribution is -0.116. The molecule has 0 aliphatic heterocycles. The van der Waals surface area contributed by atoms with Crippen LogP contribution in [0.25, 0.3) is 10.6 Å². The maximum absolute atomic E-state index is 12.8. The SMILES string of the molecule is CCCN(CCC(=O)Nc1nnc(-c2ccc(OC)cc2)s1)C(=O)Nc1cccc(C)c1C. The fourth-order valence-corrected chi connectivity index (χ4v) is 3.97. The van der Waals surface area contributed by atoms with E-state index in [4.69, 9.17) is 4.74 Å². The largest absolute Gasteiger partial charge is 0.497 e. The molecule has 0 aliphatic rings. The third kappa shape index (κ3) is 6.52. The van der Waals surface area contributed by atoms with Gasteiger partial charge in [-0.05, 0) is 61.7 Å². The zero-order chi connectivity index (χ0) is 23.8. The number of aromatic nitrogens is 2. The smallest absolute Gasteiger partial charge is 0.321 e. The summed E-state index contributed by atoms with van der Waals surface area (Å²) in [5, 5.41) is 15.1. The molecule has 0 radical (unpaired) electrons. The first-order valence-electron chi connectivity index (χ1n) is 10.8. The number of anilines is 2. The van der Waals surface area contributed by atoms with E-state index < -0.39 is 0 Å². The minimum absolute atomic E-state index is 0.164. The molecule has 9 heteroatoms. The first-order valence-corrected chi connectivity index (χ1v) is 11.6. The first kappa shape index (κ1) is 24.2. The molecule has 0 aliphatic carbocycles. The van der Waals surface area contributed by atoms with Crippen molar-refractivity contribution in [2.75, 3.05) is 30.8 Å². The zero-order valence-corrected chi connectivity index (χ0v) is 20.2. The van der Waals surface area contributed by atoms with Gasteiger partial charge in [0, 0.05) is 30.8 Å². The van der Waals surface area contributed by atoms with Crippen molar-refractivity contribution in [1.82, 2.24) is 15.1 Å². The Morgan fingerprint density at radius 3 is 2.48 bits per heavy atom. The molecule has 2 aromatic carbocycles. The van der Waals surface area contributed by atoms with Crippen molar-refractivity contribution >= 4 is 34.1 Å². The number of methoxy groups -OCH3 is 1. The summed E-state index contributed by atoms with van der Waals surface area (Å²) in [6.45, 7) is 6.85. The fourth-order valence-electron chi connectivity index (χ4n) is 3.21. The summed E-state index contributed by atoms with van der Waals surface area (Å²) in [5.74, 6) is 0.545. The van der Waals surface area contributed by atoms with Crippen molar-refractivity contribution in [2.24, 2.45) is 0 Å². The Labute approximate surface area is 198 Å². The van der Waals surface area contributed by atoms with Gasteiger partial charge in [-0.2, -0.15) is 0 Å². The highest BCUT2D eigenvalue weighted by Gasteiger charge is 2.17. The molecule has 3 rings (SSSR count). The monoisotopic (exact) mass is 467 g/mol. The van der Waals surface area contributed by atoms with E-state index in [0.717, 1.165) is 34.5 Å². The lowest BCUT2D eigenvalue weighted by Crippen LogP contribution is -2.37. The van der Waals surface area contributed by atoms with Gasteiger partial charge in [-0.3, -0.25) is 4.79 Å². The lowest BCUT2D eigenvalue weighted by Gasteiger charge is -2.23. The number of ether oxygens (including phenoxy) is 1. The Bertz CT molecular complexity index is 1100. The van der Waals surface area contributed by atoms with E-state index in [-0.39, 0.29) is 18.4 Å². The number of hydrogen-bond donors (Lipinski definition) is 2. The molecule has 0 spiro atoms. The highest BCUT2D eigenvalue weighted by Crippen LogP contribution is 2.27. The molecule has 3 aromatic rings. The lowest BCUT2D eigenvalue weighted by atomic mass is 10.1. The van der Waals surface area contributed by atoms with Gasteiger partial charge in [0.1, 0.15) is 10.8 Å². The summed E-state index contributed by atoms with van der Waals surface area (Å²) < 4.78 is 5.17. The third-order valence-corrected chi connectivity index (χ3v) is 6.13. The minimum Gasteiger partial charge on any atom is -0.497 e. The van der Waals surface area contributed by atoms with Gasteiger partial charge < -0.3 is 20.3 Å². The number of hydrogen-bond acceptors (Lipinski definition) is 6. The standard InChI is InChI=1S/C24H29N5O3S/c1-5-14-29(24(31)25-20-8-6-7-16(2)17(20)3)15-13-21(30)26-23-28-27-22(33-23)18-9-11-19(32-4)12-10-18/h6-12H,5,13-15H2,1-4H3,(H,25,31)(H,26,28,30). The predicted molar refractivity (Wildman–Crippen MR) is 132 cm³/mol. The highest BCUT2D eigenvalue weighted by molar-refractivity contribution is 7.18. The van der Waals surface area contributed by atoms with Crippen LogP contribution in [0, 0.1) is 13.8 Å². The number of nitrogens with zero attached hydrogens (tertiary/aromatic N) is 3. The second kappa shape index (κ2) is 11.4. The van der Waals surface area contributed by atoms with E-state index in [1.807, 2.05) is 63.2 Å². The highest BCUT2D eigenvalue weighted by atomic mass is 32.1. The molecule has 0 saturated carbocycles. The van der Waals surface area contributed by atoms with E-state index in [1.165, 1.54) is 11.3 Å². The molecule has 8 nitrogen and oxygen atoms in total. The first-order chi connectivity index (χ1) is 15.9. The van der Waals surface area contributed by atoms with E-state index in [1.54, 1.807) is 12.0 Å². The molecule has 1 heterocycles. The molecule has 3 amide bonds. The van der Waals surface area contributed by atoms with Gasteiger partial charge in [0.05, 0.1) is 7.11 Å². The zero-order valence-electron chi connectivity index (χ0n) is 19.3. The number of carbonyl (C=O) groups is 2. The molecule has 174 valence electrons. The number of amides is 3. The summed E-state index contributed by atoms with van der Waals surface area (Å²) >= 11 is 1.30. The van der Waals surface area contributed by atoms with Crippen LogP contribution in [0.15, 0.2) is 42.5 Å². The molecule has 0 bridgehead atoms. The van der Waals surface area contributed by atoms with E-state index in [2.05, 4.69) is 20.8 Å². The Morgan fingerprint density at radius 2 is 1.79 bits per heavy atom. The summed E-state index contributed by atoms with van der Waals surface area (Å²) in [6, 6.07) is 13.1. The quantitative estimate of drug-likeness (QED) is 0.456. The van der Waals surface area contributed by atoms with Crippen LogP contribution in [0.4, 0.5) is 15.6 Å². The van der Waals surface area contributed by atoms with Crippen LogP contribution >= 0.6 is 11.3 Å². The van der Waals surface area contributed by atoms with Crippen LogP contribution in [0.2, 0.25) is 0 Å². The summed E-state index contributed by atoms with van der Waals surface area (Å²) in [4.78, 5) is 26.9. The average molecular weight is 468 g/mol. The van der Waals surface area contributed by atoms with Crippen LogP contribution < -0.4 is 15.4 Å². The molecular formula is C24H29N5O3S. The molecular weight excluding hydrogens is 438 g/mol. The Balaban J connectivity index is 1.56. The summed E-state index contributed by atoms with van der Waals surface area (Å²) in [6.07, 6.45) is 0.959. The van der Waals surface area contributed by atoms with Crippen molar-refractivity contribution < 1.29 is 14.3 Å². The van der Waals surface area contributed by atoms with Crippen LogP contribution in [0.5, 0.6) is 5.75 Å². The van der Waals surface area contributed by atoms with Gasteiger partial charge >= 0.3 is 6.03 Å². The topological polar surface area (TPSA) is 96.5 Å². The number of carbonyl (C=O) groups excluding carboxylic acids is 2. The van der Waals surface area contributed by atoms with E-state index in [9.17, 15) is 9.59 Å².